The number of amides is 2. The summed E-state index contributed by atoms with van der Waals surface area (Å²) < 4.78 is 30.8. The zero-order chi connectivity index (χ0) is 33.4. The maximum Gasteiger partial charge on any atom is 0.264 e. The van der Waals surface area contributed by atoms with Crippen LogP contribution in [0.3, 0.4) is 0 Å². The highest BCUT2D eigenvalue weighted by atomic mass is 79.9. The van der Waals surface area contributed by atoms with E-state index in [0.29, 0.717) is 12.1 Å². The fraction of sp³-hybridized carbons (Fsp3) is 0.316. The Labute approximate surface area is 287 Å². The Hall–Kier alpha value is -3.95. The first-order valence-electron chi connectivity index (χ1n) is 16.2. The Kier molecular flexibility index (Phi) is 11.5. The van der Waals surface area contributed by atoms with Crippen LogP contribution in [0.2, 0.25) is 0 Å². The lowest BCUT2D eigenvalue weighted by Gasteiger charge is -2.34. The summed E-state index contributed by atoms with van der Waals surface area (Å²) in [6, 6.07) is 30.4. The van der Waals surface area contributed by atoms with Crippen LogP contribution in [0.5, 0.6) is 0 Å². The molecule has 1 saturated carbocycles. The third-order valence-corrected chi connectivity index (χ3v) is 11.1. The third kappa shape index (κ3) is 8.70. The summed E-state index contributed by atoms with van der Waals surface area (Å²) in [5, 5.41) is 3.22. The number of rotatable bonds is 13. The van der Waals surface area contributed by atoms with Gasteiger partial charge in [0.1, 0.15) is 12.6 Å². The van der Waals surface area contributed by atoms with E-state index in [1.807, 2.05) is 80.6 Å². The second-order valence-corrected chi connectivity index (χ2v) is 14.9. The van der Waals surface area contributed by atoms with Crippen LogP contribution in [-0.2, 0) is 39.0 Å². The van der Waals surface area contributed by atoms with Gasteiger partial charge in [-0.1, -0.05) is 114 Å². The standard InChI is InChI=1S/C38H42BrN3O4S/c1-3-31-13-7-10-16-35(31)42(47(45,46)34-23-17-28(2)18-24-34)27-37(43)41(26-30-19-21-32(39)22-20-30)36(25-29-11-5-4-6-12-29)38(44)40-33-14-8-9-15-33/h4-7,10-13,16-24,33,36H,3,8-9,14-15,25-27H2,1-2H3,(H,40,44). The van der Waals surface area contributed by atoms with Crippen LogP contribution in [0, 0.1) is 6.92 Å². The van der Waals surface area contributed by atoms with E-state index in [0.717, 1.165) is 52.4 Å². The SMILES string of the molecule is CCc1ccccc1N(CC(=O)N(Cc1ccc(Br)cc1)C(Cc1ccccc1)C(=O)NC1CCCC1)S(=O)(=O)c1ccc(C)cc1. The third-order valence-electron chi connectivity index (χ3n) is 8.77. The fourth-order valence-corrected chi connectivity index (χ4v) is 7.83. The molecule has 0 spiro atoms. The minimum atomic E-state index is -4.15. The highest BCUT2D eigenvalue weighted by molar-refractivity contribution is 9.10. The van der Waals surface area contributed by atoms with E-state index in [1.54, 1.807) is 41.3 Å². The van der Waals surface area contributed by atoms with Crippen molar-refractivity contribution in [2.24, 2.45) is 0 Å². The molecule has 0 saturated heterocycles. The van der Waals surface area contributed by atoms with Crippen molar-refractivity contribution in [1.29, 1.82) is 0 Å². The number of carbonyl (C=O) groups excluding carboxylic acids is 2. The number of anilines is 1. The van der Waals surface area contributed by atoms with Gasteiger partial charge in [-0.2, -0.15) is 0 Å². The lowest BCUT2D eigenvalue weighted by Crippen LogP contribution is -2.54. The van der Waals surface area contributed by atoms with E-state index in [1.165, 1.54) is 4.31 Å². The van der Waals surface area contributed by atoms with Crippen molar-refractivity contribution < 1.29 is 18.0 Å². The predicted molar refractivity (Wildman–Crippen MR) is 191 cm³/mol. The summed E-state index contributed by atoms with van der Waals surface area (Å²) >= 11 is 3.49. The van der Waals surface area contributed by atoms with Crippen LogP contribution in [0.1, 0.15) is 54.9 Å². The van der Waals surface area contributed by atoms with Gasteiger partial charge in [0, 0.05) is 23.5 Å². The molecule has 7 nitrogen and oxygen atoms in total. The van der Waals surface area contributed by atoms with E-state index in [-0.39, 0.29) is 29.8 Å². The molecule has 4 aromatic carbocycles. The molecule has 246 valence electrons. The number of aryl methyl sites for hydroxylation is 2. The number of para-hydroxylation sites is 1. The van der Waals surface area contributed by atoms with Gasteiger partial charge in [-0.25, -0.2) is 8.42 Å². The molecule has 1 unspecified atom stereocenters. The molecule has 9 heteroatoms. The molecule has 0 radical (unpaired) electrons. The Morgan fingerprint density at radius 3 is 2.15 bits per heavy atom. The molecule has 4 aromatic rings. The molecule has 0 aliphatic heterocycles. The number of nitrogens with one attached hydrogen (secondary N) is 1. The normalized spacial score (nSPS) is 14.0. The maximum absolute atomic E-state index is 14.7. The molecule has 1 aliphatic rings. The smallest absolute Gasteiger partial charge is 0.264 e. The summed E-state index contributed by atoms with van der Waals surface area (Å²) in [7, 11) is -4.15. The van der Waals surface area contributed by atoms with E-state index in [2.05, 4.69) is 21.2 Å². The number of nitrogens with zero attached hydrogens (tertiary/aromatic N) is 2. The molecule has 1 N–H and O–H groups in total. The van der Waals surface area contributed by atoms with Crippen LogP contribution in [0.15, 0.2) is 112 Å². The summed E-state index contributed by atoms with van der Waals surface area (Å²) in [4.78, 5) is 30.6. The summed E-state index contributed by atoms with van der Waals surface area (Å²) in [6.45, 7) is 3.52. The average molecular weight is 717 g/mol. The lowest BCUT2D eigenvalue weighted by atomic mass is 10.0. The van der Waals surface area contributed by atoms with Crippen LogP contribution in [0.4, 0.5) is 5.69 Å². The van der Waals surface area contributed by atoms with Crippen LogP contribution >= 0.6 is 15.9 Å². The van der Waals surface area contributed by atoms with Crippen molar-refractivity contribution >= 4 is 43.5 Å². The molecule has 47 heavy (non-hydrogen) atoms. The van der Waals surface area contributed by atoms with Gasteiger partial charge >= 0.3 is 0 Å². The number of sulfonamides is 1. The number of hydrogen-bond donors (Lipinski definition) is 1. The molecule has 1 fully saturated rings. The van der Waals surface area contributed by atoms with Gasteiger partial charge in [-0.3, -0.25) is 13.9 Å². The van der Waals surface area contributed by atoms with Crippen molar-refractivity contribution in [3.8, 4) is 0 Å². The highest BCUT2D eigenvalue weighted by Gasteiger charge is 2.36. The zero-order valence-corrected chi connectivity index (χ0v) is 29.3. The topological polar surface area (TPSA) is 86.8 Å². The Balaban J connectivity index is 1.58. The molecular formula is C38H42BrN3O4S. The van der Waals surface area contributed by atoms with Gasteiger partial charge in [-0.05, 0) is 73.2 Å². The number of carbonyl (C=O) groups is 2. The second kappa shape index (κ2) is 15.8. The van der Waals surface area contributed by atoms with Crippen molar-refractivity contribution in [2.45, 2.75) is 75.9 Å². The van der Waals surface area contributed by atoms with Gasteiger partial charge in [0.25, 0.3) is 10.0 Å². The Morgan fingerprint density at radius 2 is 1.49 bits per heavy atom. The maximum atomic E-state index is 14.7. The molecule has 1 aliphatic carbocycles. The molecule has 5 rings (SSSR count). The van der Waals surface area contributed by atoms with Crippen molar-refractivity contribution in [3.63, 3.8) is 0 Å². The quantitative estimate of drug-likeness (QED) is 0.159. The summed E-state index contributed by atoms with van der Waals surface area (Å²) in [6.07, 6.45) is 4.78. The molecule has 0 bridgehead atoms. The van der Waals surface area contributed by atoms with E-state index in [9.17, 15) is 18.0 Å². The lowest BCUT2D eigenvalue weighted by molar-refractivity contribution is -0.140. The van der Waals surface area contributed by atoms with E-state index in [4.69, 9.17) is 0 Å². The summed E-state index contributed by atoms with van der Waals surface area (Å²) in [5.41, 5.74) is 3.92. The first-order chi connectivity index (χ1) is 22.7. The van der Waals surface area contributed by atoms with Gasteiger partial charge in [0.05, 0.1) is 10.6 Å². The van der Waals surface area contributed by atoms with Crippen molar-refractivity contribution in [1.82, 2.24) is 10.2 Å². The Bertz CT molecular complexity index is 1760. The molecular weight excluding hydrogens is 674 g/mol. The highest BCUT2D eigenvalue weighted by Crippen LogP contribution is 2.29. The molecule has 0 aromatic heterocycles. The summed E-state index contributed by atoms with van der Waals surface area (Å²) in [5.74, 6) is -0.690. The van der Waals surface area contributed by atoms with Gasteiger partial charge in [-0.15, -0.1) is 0 Å². The average Bonchev–Trinajstić information content (AvgIpc) is 3.59. The second-order valence-electron chi connectivity index (χ2n) is 12.2. The van der Waals surface area contributed by atoms with Gasteiger partial charge in [0.2, 0.25) is 11.8 Å². The largest absolute Gasteiger partial charge is 0.352 e. The number of halogens is 1. The van der Waals surface area contributed by atoms with E-state index < -0.39 is 28.5 Å². The van der Waals surface area contributed by atoms with E-state index >= 15 is 0 Å². The number of hydrogen-bond acceptors (Lipinski definition) is 4. The van der Waals surface area contributed by atoms with Gasteiger partial charge < -0.3 is 10.2 Å². The zero-order valence-electron chi connectivity index (χ0n) is 26.9. The molecule has 2 amide bonds. The van der Waals surface area contributed by atoms with Crippen LogP contribution in [-0.4, -0.2) is 43.8 Å². The first-order valence-corrected chi connectivity index (χ1v) is 18.4. The van der Waals surface area contributed by atoms with Crippen LogP contribution < -0.4 is 9.62 Å². The Morgan fingerprint density at radius 1 is 0.851 bits per heavy atom. The fourth-order valence-electron chi connectivity index (χ4n) is 6.11. The molecule has 1 atom stereocenters. The first kappa shape index (κ1) is 34.4. The predicted octanol–water partition coefficient (Wildman–Crippen LogP) is 7.21. The van der Waals surface area contributed by atoms with Crippen LogP contribution in [0.25, 0.3) is 0 Å². The van der Waals surface area contributed by atoms with Crippen molar-refractivity contribution in [2.75, 3.05) is 10.8 Å². The number of benzene rings is 4. The van der Waals surface area contributed by atoms with Crippen molar-refractivity contribution in [3.05, 3.63) is 130 Å². The monoisotopic (exact) mass is 715 g/mol. The minimum absolute atomic E-state index is 0.0558. The molecule has 0 heterocycles. The van der Waals surface area contributed by atoms with Gasteiger partial charge in [0.15, 0.2) is 0 Å². The minimum Gasteiger partial charge on any atom is -0.352 e.